The lowest BCUT2D eigenvalue weighted by molar-refractivity contribution is -0.976. The molecular weight excluding hydrogens is 222 g/mol. The minimum atomic E-state index is -0.963. The van der Waals surface area contributed by atoms with Crippen molar-refractivity contribution in [2.24, 2.45) is 0 Å². The van der Waals surface area contributed by atoms with Crippen LogP contribution in [-0.4, -0.2) is 40.0 Å². The fourth-order valence-electron chi connectivity index (χ4n) is 1.04. The summed E-state index contributed by atoms with van der Waals surface area (Å²) < 4.78 is 4.75. The van der Waals surface area contributed by atoms with Gasteiger partial charge in [-0.1, -0.05) is 0 Å². The van der Waals surface area contributed by atoms with Crippen LogP contribution in [0.2, 0.25) is 0 Å². The molecule has 92 valence electrons. The van der Waals surface area contributed by atoms with Crippen LogP contribution < -0.4 is 0 Å². The van der Waals surface area contributed by atoms with E-state index in [9.17, 15) is 14.5 Å². The highest BCUT2D eigenvalue weighted by Gasteiger charge is 2.18. The van der Waals surface area contributed by atoms with Gasteiger partial charge in [-0.3, -0.25) is 9.59 Å². The number of carboxylic acids is 1. The lowest BCUT2D eigenvalue weighted by Gasteiger charge is -2.12. The number of hydrogen-bond donors (Lipinski definition) is 2. The van der Waals surface area contributed by atoms with E-state index in [-0.39, 0.29) is 25.9 Å². The van der Waals surface area contributed by atoms with Crippen LogP contribution >= 0.6 is 0 Å². The molecular formula is C8H14NO7+. The zero-order chi connectivity index (χ0) is 12.6. The van der Waals surface area contributed by atoms with Gasteiger partial charge in [0.25, 0.3) is 0 Å². The predicted molar refractivity (Wildman–Crippen MR) is 48.4 cm³/mol. The van der Waals surface area contributed by atoms with Crippen LogP contribution in [0, 0.1) is 4.91 Å². The largest absolute Gasteiger partial charge is 0.481 e. The molecule has 0 aliphatic rings. The number of hydrogen-bond acceptors (Lipinski definition) is 5. The smallest absolute Gasteiger partial charge is 0.475 e. The molecule has 2 N–H and O–H groups in total. The molecule has 0 radical (unpaired) electrons. The Labute approximate surface area is 91.2 Å². The number of aliphatic carboxylic acids is 1. The average molecular weight is 236 g/mol. The van der Waals surface area contributed by atoms with E-state index < -0.39 is 23.1 Å². The van der Waals surface area contributed by atoms with Crippen LogP contribution in [0.3, 0.4) is 0 Å². The summed E-state index contributed by atoms with van der Waals surface area (Å²) in [6.07, 6.45) is -0.307. The van der Waals surface area contributed by atoms with E-state index in [0.29, 0.717) is 0 Å². The van der Waals surface area contributed by atoms with Crippen molar-refractivity contribution < 1.29 is 34.6 Å². The molecule has 0 saturated carbocycles. The summed E-state index contributed by atoms with van der Waals surface area (Å²) in [5.41, 5.74) is 0. The van der Waals surface area contributed by atoms with Crippen LogP contribution in [0.4, 0.5) is 0 Å². The van der Waals surface area contributed by atoms with Crippen molar-refractivity contribution in [1.29, 1.82) is 0 Å². The van der Waals surface area contributed by atoms with Crippen LogP contribution in [-0.2, 0) is 19.2 Å². The minimum absolute atomic E-state index is 0.0714. The van der Waals surface area contributed by atoms with Crippen molar-refractivity contribution in [3.63, 3.8) is 0 Å². The quantitative estimate of drug-likeness (QED) is 0.459. The Morgan fingerprint density at radius 2 is 2.06 bits per heavy atom. The number of rotatable bonds is 8. The van der Waals surface area contributed by atoms with E-state index in [1.54, 1.807) is 0 Å². The number of ether oxygens (including phenoxy) is 1. The molecule has 8 nitrogen and oxygen atoms in total. The summed E-state index contributed by atoms with van der Waals surface area (Å²) >= 11 is 0. The molecule has 0 rings (SSSR count). The third-order valence-corrected chi connectivity index (χ3v) is 1.62. The number of carbonyl (C=O) groups excluding carboxylic acids is 1. The summed E-state index contributed by atoms with van der Waals surface area (Å²) in [5, 5.41) is 15.8. The second-order valence-corrected chi connectivity index (χ2v) is 3.05. The summed E-state index contributed by atoms with van der Waals surface area (Å²) in [7, 11) is 0. The molecule has 8 heteroatoms. The average Bonchev–Trinajstić information content (AvgIpc) is 2.12. The molecule has 0 heterocycles. The van der Waals surface area contributed by atoms with Gasteiger partial charge in [0.2, 0.25) is 6.61 Å². The molecule has 0 saturated heterocycles. The number of nitrogens with zero attached hydrogens (tertiary/aromatic N) is 1. The zero-order valence-corrected chi connectivity index (χ0v) is 8.79. The van der Waals surface area contributed by atoms with E-state index in [4.69, 9.17) is 15.1 Å². The minimum Gasteiger partial charge on any atom is -0.481 e. The maximum Gasteiger partial charge on any atom is 0.475 e. The van der Waals surface area contributed by atoms with Gasteiger partial charge in [0.15, 0.2) is 0 Å². The molecule has 0 fully saturated rings. The summed E-state index contributed by atoms with van der Waals surface area (Å²) in [6, 6.07) is 0. The van der Waals surface area contributed by atoms with Crippen molar-refractivity contribution >= 4 is 11.9 Å². The van der Waals surface area contributed by atoms with Gasteiger partial charge in [0, 0.05) is 13.3 Å². The van der Waals surface area contributed by atoms with Crippen molar-refractivity contribution in [2.45, 2.75) is 32.3 Å². The van der Waals surface area contributed by atoms with Gasteiger partial charge in [-0.15, -0.1) is 0 Å². The number of esters is 1. The van der Waals surface area contributed by atoms with Gasteiger partial charge >= 0.3 is 17.0 Å². The van der Waals surface area contributed by atoms with Crippen molar-refractivity contribution in [3.05, 3.63) is 4.91 Å². The van der Waals surface area contributed by atoms with E-state index in [1.807, 2.05) is 0 Å². The van der Waals surface area contributed by atoms with Crippen LogP contribution in [0.1, 0.15) is 26.2 Å². The van der Waals surface area contributed by atoms with Crippen molar-refractivity contribution in [2.75, 3.05) is 6.61 Å². The lowest BCUT2D eigenvalue weighted by Crippen LogP contribution is -2.24. The number of carbonyl (C=O) groups is 2. The monoisotopic (exact) mass is 236 g/mol. The first-order chi connectivity index (χ1) is 7.41. The fourth-order valence-corrected chi connectivity index (χ4v) is 1.04. The van der Waals surface area contributed by atoms with Crippen molar-refractivity contribution in [3.8, 4) is 0 Å². The topological polar surface area (TPSA) is 113 Å². The molecule has 0 aliphatic carbocycles. The molecule has 0 spiro atoms. The molecule has 0 aromatic rings. The van der Waals surface area contributed by atoms with Gasteiger partial charge in [-0.2, -0.15) is 4.84 Å². The van der Waals surface area contributed by atoms with E-state index in [1.165, 1.54) is 6.92 Å². The maximum absolute atomic E-state index is 10.6. The Hall–Kier alpha value is -1.86. The summed E-state index contributed by atoms with van der Waals surface area (Å²) in [4.78, 5) is 35.1. The highest BCUT2D eigenvalue weighted by molar-refractivity contribution is 5.67. The van der Waals surface area contributed by atoms with E-state index in [2.05, 4.69) is 4.84 Å². The summed E-state index contributed by atoms with van der Waals surface area (Å²) in [6.45, 7) is 0.858. The number of carboxylic acid groups (broad SMARTS) is 1. The molecule has 0 aromatic carbocycles. The van der Waals surface area contributed by atoms with Gasteiger partial charge < -0.3 is 9.84 Å². The van der Waals surface area contributed by atoms with Gasteiger partial charge in [-0.05, 0) is 12.8 Å². The molecule has 0 aromatic heterocycles. The fraction of sp³-hybridized carbons (Fsp3) is 0.750. The Balaban J connectivity index is 3.94. The molecule has 0 bridgehead atoms. The van der Waals surface area contributed by atoms with Crippen LogP contribution in [0.15, 0.2) is 0 Å². The molecule has 1 unspecified atom stereocenters. The summed E-state index contributed by atoms with van der Waals surface area (Å²) in [5.74, 6) is -1.53. The van der Waals surface area contributed by atoms with Crippen LogP contribution in [0.5, 0.6) is 0 Å². The lowest BCUT2D eigenvalue weighted by atomic mass is 10.1. The molecule has 16 heavy (non-hydrogen) atoms. The third kappa shape index (κ3) is 8.73. The highest BCUT2D eigenvalue weighted by Crippen LogP contribution is 2.06. The first-order valence-electron chi connectivity index (χ1n) is 4.60. The second kappa shape index (κ2) is 7.43. The van der Waals surface area contributed by atoms with E-state index in [0.717, 1.165) is 0 Å². The standard InChI is InChI=1S/C8H13NO7/c1-6(10)16-7(5-15-9(13)14)3-2-4-8(11)12/h7H,2-5H2,1H3,(H-,11,12,13,14)/p+1. The predicted octanol–water partition coefficient (Wildman–Crippen LogP) is 0.273. The second-order valence-electron chi connectivity index (χ2n) is 3.05. The van der Waals surface area contributed by atoms with Gasteiger partial charge in [-0.25, -0.2) is 5.21 Å². The zero-order valence-electron chi connectivity index (χ0n) is 8.79. The maximum atomic E-state index is 10.6. The SMILES string of the molecule is CC(=O)OC(CCCC(=O)O)CO[N+](=O)O. The van der Waals surface area contributed by atoms with Crippen molar-refractivity contribution in [1.82, 2.24) is 0 Å². The molecule has 1 atom stereocenters. The van der Waals surface area contributed by atoms with Gasteiger partial charge in [0.1, 0.15) is 11.0 Å². The van der Waals surface area contributed by atoms with E-state index >= 15 is 0 Å². The normalized spacial score (nSPS) is 11.6. The highest BCUT2D eigenvalue weighted by atomic mass is 17.0. The first kappa shape index (κ1) is 14.1. The Kier molecular flexibility index (Phi) is 6.57. The Bertz CT molecular complexity index is 265. The molecule has 0 aliphatic heterocycles. The Morgan fingerprint density at radius 1 is 1.44 bits per heavy atom. The Morgan fingerprint density at radius 3 is 2.50 bits per heavy atom. The van der Waals surface area contributed by atoms with Crippen LogP contribution in [0.25, 0.3) is 0 Å². The first-order valence-corrected chi connectivity index (χ1v) is 4.60. The molecule has 0 amide bonds. The van der Waals surface area contributed by atoms with Gasteiger partial charge in [0.05, 0.1) is 0 Å². The third-order valence-electron chi connectivity index (χ3n) is 1.62.